The van der Waals surface area contributed by atoms with Gasteiger partial charge >= 0.3 is 0 Å². The van der Waals surface area contributed by atoms with Gasteiger partial charge in [-0.1, -0.05) is 0 Å². The third-order valence-corrected chi connectivity index (χ3v) is 3.08. The Bertz CT molecular complexity index is 659. The Kier molecular flexibility index (Phi) is 5.91. The highest BCUT2D eigenvalue weighted by Crippen LogP contribution is 2.18. The molecule has 2 rings (SSSR count). The van der Waals surface area contributed by atoms with Gasteiger partial charge in [-0.3, -0.25) is 4.79 Å². The second-order valence-corrected chi connectivity index (χ2v) is 4.80. The molecule has 0 saturated heterocycles. The number of halogens is 2. The molecule has 2 aromatic rings. The lowest BCUT2D eigenvalue weighted by molar-refractivity contribution is -0.116. The second kappa shape index (κ2) is 8.12. The zero-order valence-corrected chi connectivity index (χ0v) is 12.6. The van der Waals surface area contributed by atoms with Crippen LogP contribution in [0.15, 0.2) is 42.5 Å². The number of methoxy groups -OCH3 is 1. The maximum atomic E-state index is 13.4. The van der Waals surface area contributed by atoms with Gasteiger partial charge < -0.3 is 14.8 Å². The molecule has 23 heavy (non-hydrogen) atoms. The summed E-state index contributed by atoms with van der Waals surface area (Å²) in [6.45, 7) is 0.353. The van der Waals surface area contributed by atoms with E-state index in [0.717, 1.165) is 17.9 Å². The number of ether oxygens (including phenoxy) is 2. The first-order valence-electron chi connectivity index (χ1n) is 7.10. The molecule has 0 bridgehead atoms. The largest absolute Gasteiger partial charge is 0.497 e. The molecule has 0 atom stereocenters. The summed E-state index contributed by atoms with van der Waals surface area (Å²) in [5, 5.41) is 2.40. The standard InChI is InChI=1S/C17H17F2NO3/c1-22-13-5-7-14(8-6-13)23-10-2-3-17(21)20-16-9-4-12(18)11-15(16)19/h4-9,11H,2-3,10H2,1H3,(H,20,21). The van der Waals surface area contributed by atoms with Crippen molar-refractivity contribution in [2.75, 3.05) is 19.0 Å². The van der Waals surface area contributed by atoms with Crippen LogP contribution in [-0.4, -0.2) is 19.6 Å². The Morgan fingerprint density at radius 3 is 2.43 bits per heavy atom. The van der Waals surface area contributed by atoms with Crippen LogP contribution in [0.5, 0.6) is 11.5 Å². The summed E-state index contributed by atoms with van der Waals surface area (Å²) in [5.41, 5.74) is -0.0347. The van der Waals surface area contributed by atoms with Crippen LogP contribution in [0, 0.1) is 11.6 Å². The number of carbonyl (C=O) groups excluding carboxylic acids is 1. The minimum absolute atomic E-state index is 0.0347. The molecule has 0 unspecified atom stereocenters. The average Bonchev–Trinajstić information content (AvgIpc) is 2.55. The fourth-order valence-corrected chi connectivity index (χ4v) is 1.90. The van der Waals surface area contributed by atoms with Gasteiger partial charge in [-0.25, -0.2) is 8.78 Å². The number of hydrogen-bond donors (Lipinski definition) is 1. The van der Waals surface area contributed by atoms with E-state index in [0.29, 0.717) is 18.8 Å². The van der Waals surface area contributed by atoms with Crippen LogP contribution in [0.2, 0.25) is 0 Å². The van der Waals surface area contributed by atoms with E-state index in [1.807, 2.05) is 0 Å². The van der Waals surface area contributed by atoms with E-state index < -0.39 is 11.6 Å². The van der Waals surface area contributed by atoms with Gasteiger partial charge in [0.2, 0.25) is 5.91 Å². The third-order valence-electron chi connectivity index (χ3n) is 3.08. The van der Waals surface area contributed by atoms with E-state index in [2.05, 4.69) is 5.32 Å². The van der Waals surface area contributed by atoms with E-state index in [9.17, 15) is 13.6 Å². The van der Waals surface area contributed by atoms with E-state index in [1.54, 1.807) is 31.4 Å². The molecule has 1 N–H and O–H groups in total. The van der Waals surface area contributed by atoms with Gasteiger partial charge in [0.15, 0.2) is 0 Å². The summed E-state index contributed by atoms with van der Waals surface area (Å²) in [6.07, 6.45) is 0.646. The van der Waals surface area contributed by atoms with Crippen molar-refractivity contribution in [1.29, 1.82) is 0 Å². The van der Waals surface area contributed by atoms with Crippen molar-refractivity contribution in [2.45, 2.75) is 12.8 Å². The van der Waals surface area contributed by atoms with Gasteiger partial charge in [0.05, 0.1) is 19.4 Å². The predicted octanol–water partition coefficient (Wildman–Crippen LogP) is 3.77. The third kappa shape index (κ3) is 5.25. The molecule has 1 amide bonds. The summed E-state index contributed by atoms with van der Waals surface area (Å²) in [4.78, 5) is 11.7. The SMILES string of the molecule is COc1ccc(OCCCC(=O)Nc2ccc(F)cc2F)cc1. The van der Waals surface area contributed by atoms with Crippen LogP contribution in [0.3, 0.4) is 0 Å². The summed E-state index contributed by atoms with van der Waals surface area (Å²) >= 11 is 0. The molecule has 4 nitrogen and oxygen atoms in total. The molecule has 0 aliphatic rings. The molecule has 0 aliphatic heterocycles. The first-order valence-corrected chi connectivity index (χ1v) is 7.10. The van der Waals surface area contributed by atoms with Crippen LogP contribution in [0.1, 0.15) is 12.8 Å². The van der Waals surface area contributed by atoms with Crippen LogP contribution < -0.4 is 14.8 Å². The second-order valence-electron chi connectivity index (χ2n) is 4.80. The number of carbonyl (C=O) groups is 1. The van der Waals surface area contributed by atoms with Crippen molar-refractivity contribution in [3.8, 4) is 11.5 Å². The number of benzene rings is 2. The topological polar surface area (TPSA) is 47.6 Å². The Morgan fingerprint density at radius 2 is 1.78 bits per heavy atom. The summed E-state index contributed by atoms with van der Waals surface area (Å²) in [6, 6.07) is 10.1. The Hall–Kier alpha value is -2.63. The fourth-order valence-electron chi connectivity index (χ4n) is 1.90. The van der Waals surface area contributed by atoms with Crippen molar-refractivity contribution in [3.05, 3.63) is 54.1 Å². The van der Waals surface area contributed by atoms with Crippen molar-refractivity contribution < 1.29 is 23.0 Å². The van der Waals surface area contributed by atoms with Crippen LogP contribution in [0.25, 0.3) is 0 Å². The first kappa shape index (κ1) is 16.7. The zero-order valence-electron chi connectivity index (χ0n) is 12.6. The van der Waals surface area contributed by atoms with Crippen LogP contribution >= 0.6 is 0 Å². The summed E-state index contributed by atoms with van der Waals surface area (Å²) in [5.74, 6) is -0.427. The van der Waals surface area contributed by atoms with Gasteiger partial charge in [-0.2, -0.15) is 0 Å². The lowest BCUT2D eigenvalue weighted by Crippen LogP contribution is -2.13. The number of amides is 1. The van der Waals surface area contributed by atoms with Gasteiger partial charge in [0.1, 0.15) is 23.1 Å². The van der Waals surface area contributed by atoms with Crippen molar-refractivity contribution in [3.63, 3.8) is 0 Å². The smallest absolute Gasteiger partial charge is 0.224 e. The molecule has 0 spiro atoms. The number of nitrogens with one attached hydrogen (secondary N) is 1. The van der Waals surface area contributed by atoms with Crippen molar-refractivity contribution in [1.82, 2.24) is 0 Å². The van der Waals surface area contributed by atoms with Gasteiger partial charge in [0, 0.05) is 12.5 Å². The minimum atomic E-state index is -0.798. The minimum Gasteiger partial charge on any atom is -0.497 e. The fraction of sp³-hybridized carbons (Fsp3) is 0.235. The molecule has 0 fully saturated rings. The molecule has 6 heteroatoms. The van der Waals surface area contributed by atoms with E-state index >= 15 is 0 Å². The Balaban J connectivity index is 1.72. The first-order chi connectivity index (χ1) is 11.1. The maximum Gasteiger partial charge on any atom is 0.224 e. The van der Waals surface area contributed by atoms with Gasteiger partial charge in [0.25, 0.3) is 0 Å². The molecule has 0 heterocycles. The van der Waals surface area contributed by atoms with Gasteiger partial charge in [-0.15, -0.1) is 0 Å². The predicted molar refractivity (Wildman–Crippen MR) is 82.7 cm³/mol. The highest BCUT2D eigenvalue weighted by molar-refractivity contribution is 5.90. The Labute approximate surface area is 133 Å². The van der Waals surface area contributed by atoms with E-state index in [-0.39, 0.29) is 18.0 Å². The maximum absolute atomic E-state index is 13.4. The van der Waals surface area contributed by atoms with Crippen molar-refractivity contribution in [2.24, 2.45) is 0 Å². The highest BCUT2D eigenvalue weighted by atomic mass is 19.1. The van der Waals surface area contributed by atoms with Crippen LogP contribution in [-0.2, 0) is 4.79 Å². The molecular weight excluding hydrogens is 304 g/mol. The molecule has 0 radical (unpaired) electrons. The molecule has 0 saturated carbocycles. The normalized spacial score (nSPS) is 10.2. The quantitative estimate of drug-likeness (QED) is 0.790. The molecule has 122 valence electrons. The lowest BCUT2D eigenvalue weighted by atomic mass is 10.2. The average molecular weight is 321 g/mol. The molecule has 2 aromatic carbocycles. The number of hydrogen-bond acceptors (Lipinski definition) is 3. The van der Waals surface area contributed by atoms with E-state index in [4.69, 9.17) is 9.47 Å². The lowest BCUT2D eigenvalue weighted by Gasteiger charge is -2.08. The summed E-state index contributed by atoms with van der Waals surface area (Å²) in [7, 11) is 1.58. The van der Waals surface area contributed by atoms with Crippen LogP contribution in [0.4, 0.5) is 14.5 Å². The van der Waals surface area contributed by atoms with Crippen molar-refractivity contribution >= 4 is 11.6 Å². The monoisotopic (exact) mass is 321 g/mol. The van der Waals surface area contributed by atoms with E-state index in [1.165, 1.54) is 6.07 Å². The number of rotatable bonds is 7. The van der Waals surface area contributed by atoms with Gasteiger partial charge in [-0.05, 0) is 42.8 Å². The zero-order chi connectivity index (χ0) is 16.7. The highest BCUT2D eigenvalue weighted by Gasteiger charge is 2.08. The molecular formula is C17H17F2NO3. The molecule has 0 aromatic heterocycles. The molecule has 0 aliphatic carbocycles. The number of anilines is 1. The summed E-state index contributed by atoms with van der Waals surface area (Å²) < 4.78 is 36.7. The Morgan fingerprint density at radius 1 is 1.09 bits per heavy atom.